The van der Waals surface area contributed by atoms with Gasteiger partial charge in [0.1, 0.15) is 0 Å². The molecule has 0 bridgehead atoms. The van der Waals surface area contributed by atoms with Gasteiger partial charge in [0, 0.05) is 6.61 Å². The van der Waals surface area contributed by atoms with Crippen LogP contribution in [0.15, 0.2) is 0 Å². The van der Waals surface area contributed by atoms with E-state index in [1.165, 1.54) is 0 Å². The zero-order valence-electron chi connectivity index (χ0n) is 7.63. The van der Waals surface area contributed by atoms with Crippen LogP contribution in [0.25, 0.3) is 0 Å². The number of rotatable bonds is 3. The monoisotopic (exact) mass is 158 g/mol. The zero-order chi connectivity index (χ0) is 8.48. The van der Waals surface area contributed by atoms with E-state index < -0.39 is 0 Å². The van der Waals surface area contributed by atoms with Gasteiger partial charge >= 0.3 is 0 Å². The van der Waals surface area contributed by atoms with Gasteiger partial charge < -0.3 is 9.84 Å². The minimum atomic E-state index is 0.278. The molecule has 0 aromatic carbocycles. The summed E-state index contributed by atoms with van der Waals surface area (Å²) in [5.41, 5.74) is 0.278. The average molecular weight is 158 g/mol. The van der Waals surface area contributed by atoms with Crippen molar-refractivity contribution >= 4 is 0 Å². The van der Waals surface area contributed by atoms with E-state index in [2.05, 4.69) is 20.8 Å². The van der Waals surface area contributed by atoms with E-state index >= 15 is 0 Å². The molecule has 1 heterocycles. The molecule has 1 saturated heterocycles. The van der Waals surface area contributed by atoms with E-state index in [1.807, 2.05) is 0 Å². The Labute approximate surface area is 68.6 Å². The predicted octanol–water partition coefficient (Wildman–Crippen LogP) is 1.57. The highest BCUT2D eigenvalue weighted by atomic mass is 16.6. The molecule has 0 aromatic rings. The lowest BCUT2D eigenvalue weighted by Crippen LogP contribution is -2.16. The Morgan fingerprint density at radius 3 is 2.36 bits per heavy atom. The van der Waals surface area contributed by atoms with Crippen molar-refractivity contribution in [3.05, 3.63) is 0 Å². The van der Waals surface area contributed by atoms with Crippen LogP contribution in [0.4, 0.5) is 0 Å². The normalized spacial score (nSPS) is 30.5. The van der Waals surface area contributed by atoms with E-state index in [-0.39, 0.29) is 12.0 Å². The maximum absolute atomic E-state index is 8.58. The molecule has 1 N–H and O–H groups in total. The van der Waals surface area contributed by atoms with Crippen LogP contribution in [0, 0.1) is 5.41 Å². The Balaban J connectivity index is 2.16. The van der Waals surface area contributed by atoms with Gasteiger partial charge in [-0.2, -0.15) is 0 Å². The first-order valence-corrected chi connectivity index (χ1v) is 4.32. The summed E-state index contributed by atoms with van der Waals surface area (Å²) in [6.07, 6.45) is 2.73. The molecule has 0 radical (unpaired) electrons. The second-order valence-electron chi connectivity index (χ2n) is 4.33. The third-order valence-corrected chi connectivity index (χ3v) is 2.08. The first-order valence-electron chi connectivity index (χ1n) is 4.32. The van der Waals surface area contributed by atoms with Crippen molar-refractivity contribution in [2.45, 2.75) is 45.8 Å². The number of epoxide rings is 1. The fraction of sp³-hybridized carbons (Fsp3) is 1.00. The van der Waals surface area contributed by atoms with Crippen LogP contribution in [-0.2, 0) is 4.74 Å². The third-order valence-electron chi connectivity index (χ3n) is 2.08. The minimum absolute atomic E-state index is 0.278. The van der Waals surface area contributed by atoms with Crippen molar-refractivity contribution in [2.24, 2.45) is 5.41 Å². The Morgan fingerprint density at radius 2 is 2.00 bits per heavy atom. The van der Waals surface area contributed by atoms with Crippen LogP contribution in [-0.4, -0.2) is 23.9 Å². The van der Waals surface area contributed by atoms with Gasteiger partial charge in [-0.25, -0.2) is 0 Å². The fourth-order valence-electron chi connectivity index (χ4n) is 1.42. The molecule has 0 saturated carbocycles. The van der Waals surface area contributed by atoms with Gasteiger partial charge in [-0.3, -0.25) is 0 Å². The van der Waals surface area contributed by atoms with Crippen molar-refractivity contribution in [1.82, 2.24) is 0 Å². The lowest BCUT2D eigenvalue weighted by atomic mass is 9.89. The standard InChI is InChI=1S/C9H18O2/c1-9(2,3)8-7(11-8)5-4-6-10/h7-8,10H,4-6H2,1-3H3. The number of aliphatic hydroxyl groups is 1. The topological polar surface area (TPSA) is 32.8 Å². The largest absolute Gasteiger partial charge is 0.396 e. The zero-order valence-corrected chi connectivity index (χ0v) is 7.63. The van der Waals surface area contributed by atoms with Crippen molar-refractivity contribution in [3.8, 4) is 0 Å². The highest BCUT2D eigenvalue weighted by Crippen LogP contribution is 2.39. The SMILES string of the molecule is CC(C)(C)C1OC1CCCO. The molecule has 1 aliphatic rings. The summed E-state index contributed by atoms with van der Waals surface area (Å²) in [6, 6.07) is 0. The number of hydrogen-bond donors (Lipinski definition) is 1. The quantitative estimate of drug-likeness (QED) is 0.632. The summed E-state index contributed by atoms with van der Waals surface area (Å²) < 4.78 is 5.47. The van der Waals surface area contributed by atoms with Crippen molar-refractivity contribution < 1.29 is 9.84 Å². The summed E-state index contributed by atoms with van der Waals surface area (Å²) in [5.74, 6) is 0. The average Bonchev–Trinajstić information content (AvgIpc) is 2.60. The van der Waals surface area contributed by atoms with Crippen LogP contribution in [0.5, 0.6) is 0 Å². The summed E-state index contributed by atoms with van der Waals surface area (Å²) >= 11 is 0. The summed E-state index contributed by atoms with van der Waals surface area (Å²) in [4.78, 5) is 0. The Morgan fingerprint density at radius 1 is 1.36 bits per heavy atom. The van der Waals surface area contributed by atoms with Crippen LogP contribution >= 0.6 is 0 Å². The molecule has 1 fully saturated rings. The van der Waals surface area contributed by atoms with Crippen molar-refractivity contribution in [3.63, 3.8) is 0 Å². The van der Waals surface area contributed by atoms with E-state index in [0.717, 1.165) is 12.8 Å². The van der Waals surface area contributed by atoms with Crippen LogP contribution in [0.3, 0.4) is 0 Å². The van der Waals surface area contributed by atoms with Gasteiger partial charge in [0.05, 0.1) is 12.2 Å². The molecule has 0 spiro atoms. The molecule has 0 aromatic heterocycles. The van der Waals surface area contributed by atoms with Crippen LogP contribution in [0.1, 0.15) is 33.6 Å². The summed E-state index contributed by atoms with van der Waals surface area (Å²) in [6.45, 7) is 6.86. The third kappa shape index (κ3) is 2.46. The number of ether oxygens (including phenoxy) is 1. The minimum Gasteiger partial charge on any atom is -0.396 e. The first-order chi connectivity index (χ1) is 5.05. The number of hydrogen-bond acceptors (Lipinski definition) is 2. The summed E-state index contributed by atoms with van der Waals surface area (Å²) in [7, 11) is 0. The molecule has 2 unspecified atom stereocenters. The molecule has 11 heavy (non-hydrogen) atoms. The van der Waals surface area contributed by atoms with Gasteiger partial charge in [0.25, 0.3) is 0 Å². The first kappa shape index (κ1) is 9.01. The predicted molar refractivity (Wildman–Crippen MR) is 44.4 cm³/mol. The van der Waals surface area contributed by atoms with Gasteiger partial charge in [-0.1, -0.05) is 20.8 Å². The van der Waals surface area contributed by atoms with Crippen LogP contribution < -0.4 is 0 Å². The second kappa shape index (κ2) is 3.11. The molecule has 0 aliphatic carbocycles. The highest BCUT2D eigenvalue weighted by molar-refractivity contribution is 4.93. The Bertz CT molecular complexity index is 126. The lowest BCUT2D eigenvalue weighted by Gasteiger charge is -2.13. The molecule has 0 amide bonds. The molecule has 66 valence electrons. The van der Waals surface area contributed by atoms with E-state index in [1.54, 1.807) is 0 Å². The smallest absolute Gasteiger partial charge is 0.0890 e. The maximum atomic E-state index is 8.58. The molecular weight excluding hydrogens is 140 g/mol. The molecule has 2 atom stereocenters. The van der Waals surface area contributed by atoms with Crippen molar-refractivity contribution in [2.75, 3.05) is 6.61 Å². The lowest BCUT2D eigenvalue weighted by molar-refractivity contribution is 0.253. The van der Waals surface area contributed by atoms with Gasteiger partial charge in [0.15, 0.2) is 0 Å². The van der Waals surface area contributed by atoms with Gasteiger partial charge in [0.2, 0.25) is 0 Å². The fourth-order valence-corrected chi connectivity index (χ4v) is 1.42. The van der Waals surface area contributed by atoms with E-state index in [0.29, 0.717) is 12.2 Å². The maximum Gasteiger partial charge on any atom is 0.0890 e. The molecule has 1 rings (SSSR count). The molecule has 2 nitrogen and oxygen atoms in total. The molecule has 2 heteroatoms. The van der Waals surface area contributed by atoms with Gasteiger partial charge in [-0.05, 0) is 18.3 Å². The second-order valence-corrected chi connectivity index (χ2v) is 4.33. The number of aliphatic hydroxyl groups excluding tert-OH is 1. The Hall–Kier alpha value is -0.0800. The summed E-state index contributed by atoms with van der Waals surface area (Å²) in [5, 5.41) is 8.58. The van der Waals surface area contributed by atoms with E-state index in [9.17, 15) is 0 Å². The molecular formula is C9H18O2. The van der Waals surface area contributed by atoms with Crippen molar-refractivity contribution in [1.29, 1.82) is 0 Å². The molecule has 1 aliphatic heterocycles. The Kier molecular flexibility index (Phi) is 2.55. The van der Waals surface area contributed by atoms with Gasteiger partial charge in [-0.15, -0.1) is 0 Å². The van der Waals surface area contributed by atoms with Crippen LogP contribution in [0.2, 0.25) is 0 Å². The highest BCUT2D eigenvalue weighted by Gasteiger charge is 2.46. The van der Waals surface area contributed by atoms with E-state index in [4.69, 9.17) is 9.84 Å².